The molecular weight excluding hydrogens is 396 g/mol. The number of Topliss-reactive ketones (excluding diaryl/α,β-unsaturated/α-hetero) is 1. The van der Waals surface area contributed by atoms with E-state index in [1.54, 1.807) is 42.7 Å². The van der Waals surface area contributed by atoms with E-state index in [1.807, 2.05) is 6.92 Å². The van der Waals surface area contributed by atoms with Gasteiger partial charge in [0.2, 0.25) is 0 Å². The van der Waals surface area contributed by atoms with Gasteiger partial charge >= 0.3 is 0 Å². The Morgan fingerprint density at radius 1 is 1.26 bits per heavy atom. The lowest BCUT2D eigenvalue weighted by atomic mass is 9.95. The molecule has 1 aliphatic heterocycles. The van der Waals surface area contributed by atoms with Gasteiger partial charge in [-0.2, -0.15) is 0 Å². The molecule has 1 aromatic heterocycles. The maximum Gasteiger partial charge on any atom is 0.295 e. The molecule has 1 atom stereocenters. The molecule has 0 aliphatic carbocycles. The quantitative estimate of drug-likeness (QED) is 0.396. The number of aliphatic hydroxyl groups is 1. The third-order valence-corrected chi connectivity index (χ3v) is 5.10. The van der Waals surface area contributed by atoms with E-state index in [9.17, 15) is 14.7 Å². The standard InChI is InChI=1S/C24H28N2O5/c1-15(2)14-31-19-8-7-17(12-16(19)3)22(27)20-21(18-6-5-9-25-13-18)26(10-11-30-4)24(29)23(20)28/h5-9,12-13,15,21,27H,10-11,14H2,1-4H3/t21-/m0/s1. The molecular formula is C24H28N2O5. The number of ketones is 1. The Bertz CT molecular complexity index is 985. The van der Waals surface area contributed by atoms with Gasteiger partial charge < -0.3 is 19.5 Å². The van der Waals surface area contributed by atoms with Gasteiger partial charge in [0, 0.05) is 31.6 Å². The van der Waals surface area contributed by atoms with E-state index in [1.165, 1.54) is 12.0 Å². The molecule has 7 nitrogen and oxygen atoms in total. The summed E-state index contributed by atoms with van der Waals surface area (Å²) in [6.45, 7) is 7.08. The van der Waals surface area contributed by atoms with Crippen LogP contribution in [-0.4, -0.2) is 53.5 Å². The molecule has 1 N–H and O–H groups in total. The number of amides is 1. The predicted octanol–water partition coefficient (Wildman–Crippen LogP) is 3.49. The molecule has 2 heterocycles. The van der Waals surface area contributed by atoms with Crippen molar-refractivity contribution in [3.05, 3.63) is 65.0 Å². The van der Waals surface area contributed by atoms with Crippen molar-refractivity contribution in [2.24, 2.45) is 5.92 Å². The van der Waals surface area contributed by atoms with Gasteiger partial charge in [0.25, 0.3) is 11.7 Å². The van der Waals surface area contributed by atoms with Crippen LogP contribution < -0.4 is 4.74 Å². The van der Waals surface area contributed by atoms with Crippen LogP contribution in [0.25, 0.3) is 5.76 Å². The summed E-state index contributed by atoms with van der Waals surface area (Å²) >= 11 is 0. The number of ether oxygens (including phenoxy) is 2. The molecule has 1 amide bonds. The summed E-state index contributed by atoms with van der Waals surface area (Å²) in [5, 5.41) is 11.1. The Morgan fingerprint density at radius 2 is 2.03 bits per heavy atom. The molecule has 0 bridgehead atoms. The molecule has 7 heteroatoms. The highest BCUT2D eigenvalue weighted by Gasteiger charge is 2.46. The monoisotopic (exact) mass is 424 g/mol. The zero-order valence-corrected chi connectivity index (χ0v) is 18.3. The summed E-state index contributed by atoms with van der Waals surface area (Å²) in [4.78, 5) is 31.2. The van der Waals surface area contributed by atoms with Gasteiger partial charge in [-0.05, 0) is 48.2 Å². The van der Waals surface area contributed by atoms with Crippen molar-refractivity contribution in [2.75, 3.05) is 26.9 Å². The number of aryl methyl sites for hydroxylation is 1. The molecule has 0 saturated carbocycles. The summed E-state index contributed by atoms with van der Waals surface area (Å²) in [5.74, 6) is -0.503. The number of nitrogens with zero attached hydrogens (tertiary/aromatic N) is 2. The highest BCUT2D eigenvalue weighted by molar-refractivity contribution is 6.46. The number of hydrogen-bond donors (Lipinski definition) is 1. The minimum absolute atomic E-state index is 0.0457. The average molecular weight is 424 g/mol. The summed E-state index contributed by atoms with van der Waals surface area (Å²) in [5.41, 5.74) is 1.97. The number of carbonyl (C=O) groups is 2. The van der Waals surface area contributed by atoms with Crippen molar-refractivity contribution < 1.29 is 24.2 Å². The molecule has 0 unspecified atom stereocenters. The van der Waals surface area contributed by atoms with Crippen LogP contribution in [0.3, 0.4) is 0 Å². The van der Waals surface area contributed by atoms with Crippen LogP contribution in [0.2, 0.25) is 0 Å². The van der Waals surface area contributed by atoms with E-state index >= 15 is 0 Å². The molecule has 3 rings (SSSR count). The number of hydrogen-bond acceptors (Lipinski definition) is 6. The summed E-state index contributed by atoms with van der Waals surface area (Å²) in [7, 11) is 1.53. The molecule has 2 aromatic rings. The molecule has 1 saturated heterocycles. The first kappa shape index (κ1) is 22.5. The van der Waals surface area contributed by atoms with Gasteiger partial charge in [0.15, 0.2) is 0 Å². The van der Waals surface area contributed by atoms with Gasteiger partial charge in [-0.15, -0.1) is 0 Å². The minimum atomic E-state index is -0.735. The van der Waals surface area contributed by atoms with Gasteiger partial charge in [-0.3, -0.25) is 14.6 Å². The molecule has 31 heavy (non-hydrogen) atoms. The Kier molecular flexibility index (Phi) is 7.07. The van der Waals surface area contributed by atoms with E-state index < -0.39 is 17.7 Å². The first-order valence-corrected chi connectivity index (χ1v) is 10.3. The lowest BCUT2D eigenvalue weighted by molar-refractivity contribution is -0.140. The number of methoxy groups -OCH3 is 1. The Hall–Kier alpha value is -3.19. The highest BCUT2D eigenvalue weighted by atomic mass is 16.5. The Labute approximate surface area is 182 Å². The number of benzene rings is 1. The van der Waals surface area contributed by atoms with Gasteiger partial charge in [0.1, 0.15) is 11.5 Å². The molecule has 0 spiro atoms. The number of likely N-dealkylation sites (tertiary alicyclic amines) is 1. The number of aromatic nitrogens is 1. The fourth-order valence-corrected chi connectivity index (χ4v) is 3.56. The number of pyridine rings is 1. The second-order valence-electron chi connectivity index (χ2n) is 7.96. The minimum Gasteiger partial charge on any atom is -0.507 e. The Balaban J connectivity index is 2.05. The Morgan fingerprint density at radius 3 is 2.65 bits per heavy atom. The normalized spacial score (nSPS) is 18.1. The molecule has 0 radical (unpaired) electrons. The zero-order chi connectivity index (χ0) is 22.5. The summed E-state index contributed by atoms with van der Waals surface area (Å²) in [6.07, 6.45) is 3.21. The fourth-order valence-electron chi connectivity index (χ4n) is 3.56. The van der Waals surface area contributed by atoms with Crippen LogP contribution in [-0.2, 0) is 14.3 Å². The smallest absolute Gasteiger partial charge is 0.295 e. The number of carbonyl (C=O) groups excluding carboxylic acids is 2. The van der Waals surface area contributed by atoms with Crippen molar-refractivity contribution >= 4 is 17.4 Å². The van der Waals surface area contributed by atoms with Gasteiger partial charge in [-0.1, -0.05) is 19.9 Å². The van der Waals surface area contributed by atoms with Crippen molar-refractivity contribution in [1.29, 1.82) is 0 Å². The number of rotatable bonds is 8. The zero-order valence-electron chi connectivity index (χ0n) is 18.3. The predicted molar refractivity (Wildman–Crippen MR) is 117 cm³/mol. The lowest BCUT2D eigenvalue weighted by Crippen LogP contribution is -2.32. The van der Waals surface area contributed by atoms with Crippen molar-refractivity contribution in [3.8, 4) is 5.75 Å². The van der Waals surface area contributed by atoms with Crippen LogP contribution in [0.4, 0.5) is 0 Å². The fraction of sp³-hybridized carbons (Fsp3) is 0.375. The van der Waals surface area contributed by atoms with Crippen molar-refractivity contribution in [3.63, 3.8) is 0 Å². The van der Waals surface area contributed by atoms with Crippen molar-refractivity contribution in [1.82, 2.24) is 9.88 Å². The first-order valence-electron chi connectivity index (χ1n) is 10.3. The topological polar surface area (TPSA) is 89.0 Å². The van der Waals surface area contributed by atoms with Crippen LogP contribution >= 0.6 is 0 Å². The third kappa shape index (κ3) is 4.77. The lowest BCUT2D eigenvalue weighted by Gasteiger charge is -2.24. The van der Waals surface area contributed by atoms with Crippen LogP contribution in [0.15, 0.2) is 48.3 Å². The average Bonchev–Trinajstić information content (AvgIpc) is 3.01. The highest BCUT2D eigenvalue weighted by Crippen LogP contribution is 2.39. The maximum atomic E-state index is 12.9. The van der Waals surface area contributed by atoms with E-state index in [0.717, 1.165) is 11.3 Å². The largest absolute Gasteiger partial charge is 0.507 e. The summed E-state index contributed by atoms with van der Waals surface area (Å²) in [6, 6.07) is 8.00. The SMILES string of the molecule is COCCN1C(=O)C(=O)C(=C(O)c2ccc(OCC(C)C)c(C)c2)[C@@H]1c1cccnc1. The molecule has 1 aliphatic rings. The van der Waals surface area contributed by atoms with E-state index in [-0.39, 0.29) is 24.5 Å². The second-order valence-corrected chi connectivity index (χ2v) is 7.96. The second kappa shape index (κ2) is 9.75. The van der Waals surface area contributed by atoms with Crippen LogP contribution in [0.1, 0.15) is 36.6 Å². The first-order chi connectivity index (χ1) is 14.8. The summed E-state index contributed by atoms with van der Waals surface area (Å²) < 4.78 is 10.9. The van der Waals surface area contributed by atoms with Crippen molar-refractivity contribution in [2.45, 2.75) is 26.8 Å². The van der Waals surface area contributed by atoms with E-state index in [4.69, 9.17) is 9.47 Å². The van der Waals surface area contributed by atoms with E-state index in [2.05, 4.69) is 18.8 Å². The van der Waals surface area contributed by atoms with Crippen LogP contribution in [0.5, 0.6) is 5.75 Å². The third-order valence-electron chi connectivity index (χ3n) is 5.10. The number of aliphatic hydroxyl groups excluding tert-OH is 1. The molecule has 164 valence electrons. The van der Waals surface area contributed by atoms with Crippen LogP contribution in [0, 0.1) is 12.8 Å². The van der Waals surface area contributed by atoms with Gasteiger partial charge in [0.05, 0.1) is 24.8 Å². The molecule has 1 fully saturated rings. The molecule has 1 aromatic carbocycles. The van der Waals surface area contributed by atoms with E-state index in [0.29, 0.717) is 23.7 Å². The van der Waals surface area contributed by atoms with Gasteiger partial charge in [-0.25, -0.2) is 0 Å². The maximum absolute atomic E-state index is 12.9.